The fourth-order valence-electron chi connectivity index (χ4n) is 1.68. The van der Waals surface area contributed by atoms with Crippen molar-refractivity contribution in [2.75, 3.05) is 6.61 Å². The largest absolute Gasteiger partial charge is 0.544 e. The molecule has 2 aromatic rings. The highest BCUT2D eigenvalue weighted by atomic mass is 35.5. The smallest absolute Gasteiger partial charge is 0.228 e. The van der Waals surface area contributed by atoms with Crippen LogP contribution in [0.4, 0.5) is 0 Å². The number of carboxylic acid groups (broad SMARTS) is 1. The molecule has 0 fully saturated rings. The van der Waals surface area contributed by atoms with E-state index < -0.39 is 5.97 Å². The molecule has 7 heteroatoms. The summed E-state index contributed by atoms with van der Waals surface area (Å²) in [5.74, 6) is -1.18. The van der Waals surface area contributed by atoms with Gasteiger partial charge in [-0.25, -0.2) is 4.98 Å². The Bertz CT molecular complexity index is 711. The van der Waals surface area contributed by atoms with Crippen molar-refractivity contribution < 1.29 is 19.4 Å². The molecule has 0 amide bonds. The molecule has 0 bridgehead atoms. The number of carboxylic acids is 1. The molecule has 0 aliphatic carbocycles. The zero-order valence-electron chi connectivity index (χ0n) is 11.3. The van der Waals surface area contributed by atoms with Crippen molar-refractivity contribution in [1.29, 1.82) is 0 Å². The number of ketones is 1. The van der Waals surface area contributed by atoms with Crippen LogP contribution in [0.25, 0.3) is 0 Å². The number of aromatic carboxylic acids is 1. The van der Waals surface area contributed by atoms with Crippen LogP contribution in [0.2, 0.25) is 5.02 Å². The third kappa shape index (κ3) is 3.59. The summed E-state index contributed by atoms with van der Waals surface area (Å²) >= 11 is 6.63. The van der Waals surface area contributed by atoms with Gasteiger partial charge in [-0.1, -0.05) is 11.6 Å². The van der Waals surface area contributed by atoms with Crippen LogP contribution in [0.15, 0.2) is 18.2 Å². The number of hydrogen-bond donors (Lipinski definition) is 0. The average Bonchev–Trinajstić information content (AvgIpc) is 2.80. The molecule has 1 heterocycles. The van der Waals surface area contributed by atoms with Crippen molar-refractivity contribution in [3.05, 3.63) is 44.4 Å². The summed E-state index contributed by atoms with van der Waals surface area (Å²) in [6.07, 6.45) is 0. The minimum atomic E-state index is -1.33. The molecule has 0 saturated heterocycles. The molecule has 0 atom stereocenters. The maximum Gasteiger partial charge on any atom is 0.228 e. The Balaban J connectivity index is 2.08. The van der Waals surface area contributed by atoms with Crippen molar-refractivity contribution in [1.82, 2.24) is 4.98 Å². The third-order valence-corrected chi connectivity index (χ3v) is 4.13. The van der Waals surface area contributed by atoms with Gasteiger partial charge in [0.1, 0.15) is 5.75 Å². The summed E-state index contributed by atoms with van der Waals surface area (Å²) in [6, 6.07) is 5.06. The Morgan fingerprint density at radius 2 is 2.10 bits per heavy atom. The maximum absolute atomic E-state index is 12.0. The lowest BCUT2D eigenvalue weighted by atomic mass is 10.2. The number of carbonyl (C=O) groups is 2. The van der Waals surface area contributed by atoms with E-state index in [-0.39, 0.29) is 28.0 Å². The van der Waals surface area contributed by atoms with E-state index in [0.717, 1.165) is 16.9 Å². The first kappa shape index (κ1) is 15.5. The Kier molecular flexibility index (Phi) is 4.59. The molecular formula is C14H11ClNO4S-. The SMILES string of the molecule is Cc1cc(Cl)ccc1OCC(=O)c1nc(C)c(C(=O)[O-])s1. The number of ether oxygens (including phenoxy) is 1. The van der Waals surface area contributed by atoms with Gasteiger partial charge < -0.3 is 14.6 Å². The van der Waals surface area contributed by atoms with Crippen LogP contribution in [-0.4, -0.2) is 23.3 Å². The second-order valence-electron chi connectivity index (χ2n) is 4.34. The first-order chi connectivity index (χ1) is 9.88. The highest BCUT2D eigenvalue weighted by Crippen LogP contribution is 2.23. The molecule has 110 valence electrons. The number of carbonyl (C=O) groups excluding carboxylic acids is 2. The van der Waals surface area contributed by atoms with Gasteiger partial charge in [-0.2, -0.15) is 0 Å². The molecule has 0 unspecified atom stereocenters. The molecule has 0 spiro atoms. The zero-order valence-corrected chi connectivity index (χ0v) is 12.9. The molecule has 2 rings (SSSR count). The Labute approximate surface area is 130 Å². The predicted molar refractivity (Wildman–Crippen MR) is 77.2 cm³/mol. The lowest BCUT2D eigenvalue weighted by Gasteiger charge is -2.07. The second-order valence-corrected chi connectivity index (χ2v) is 5.78. The van der Waals surface area contributed by atoms with Crippen molar-refractivity contribution in [3.63, 3.8) is 0 Å². The van der Waals surface area contributed by atoms with Crippen LogP contribution in [0.1, 0.15) is 30.7 Å². The number of rotatable bonds is 5. The first-order valence-corrected chi connectivity index (χ1v) is 7.19. The monoisotopic (exact) mass is 324 g/mol. The lowest BCUT2D eigenvalue weighted by molar-refractivity contribution is -0.254. The standard InChI is InChI=1S/C14H12ClNO4S/c1-7-5-9(15)3-4-11(7)20-6-10(17)13-16-8(2)12(21-13)14(18)19/h3-5H,6H2,1-2H3,(H,18,19)/p-1. The zero-order chi connectivity index (χ0) is 15.6. The van der Waals surface area contributed by atoms with Crippen molar-refractivity contribution in [3.8, 4) is 5.75 Å². The van der Waals surface area contributed by atoms with Crippen LogP contribution in [0.5, 0.6) is 5.75 Å². The van der Waals surface area contributed by atoms with E-state index in [4.69, 9.17) is 16.3 Å². The first-order valence-electron chi connectivity index (χ1n) is 5.99. The third-order valence-electron chi connectivity index (χ3n) is 2.72. The molecule has 0 N–H and O–H groups in total. The van der Waals surface area contributed by atoms with Crippen molar-refractivity contribution in [2.45, 2.75) is 13.8 Å². The van der Waals surface area contributed by atoms with E-state index in [1.54, 1.807) is 18.2 Å². The van der Waals surface area contributed by atoms with E-state index in [0.29, 0.717) is 10.8 Å². The molecule has 1 aromatic heterocycles. The Hall–Kier alpha value is -1.92. The fraction of sp³-hybridized carbons (Fsp3) is 0.214. The van der Waals surface area contributed by atoms with Gasteiger partial charge in [0, 0.05) is 5.02 Å². The lowest BCUT2D eigenvalue weighted by Crippen LogP contribution is -2.21. The van der Waals surface area contributed by atoms with Gasteiger partial charge in [0.25, 0.3) is 0 Å². The van der Waals surface area contributed by atoms with E-state index in [2.05, 4.69) is 4.98 Å². The van der Waals surface area contributed by atoms with Gasteiger partial charge in [-0.05, 0) is 37.6 Å². The normalized spacial score (nSPS) is 10.4. The molecule has 1 aromatic carbocycles. The van der Waals surface area contributed by atoms with Crippen LogP contribution in [-0.2, 0) is 0 Å². The number of hydrogen-bond acceptors (Lipinski definition) is 6. The molecule has 21 heavy (non-hydrogen) atoms. The Morgan fingerprint density at radius 1 is 1.38 bits per heavy atom. The molecule has 0 aliphatic rings. The number of aryl methyl sites for hydroxylation is 2. The van der Waals surface area contributed by atoms with Gasteiger partial charge in [-0.15, -0.1) is 11.3 Å². The molecule has 0 radical (unpaired) electrons. The van der Waals surface area contributed by atoms with Gasteiger partial charge in [0.05, 0.1) is 16.5 Å². The molecule has 0 aliphatic heterocycles. The van der Waals surface area contributed by atoms with E-state index in [1.165, 1.54) is 6.92 Å². The van der Waals surface area contributed by atoms with Gasteiger partial charge in [0.15, 0.2) is 11.6 Å². The highest BCUT2D eigenvalue weighted by molar-refractivity contribution is 7.15. The average molecular weight is 325 g/mol. The maximum atomic E-state index is 12.0. The Morgan fingerprint density at radius 3 is 2.67 bits per heavy atom. The summed E-state index contributed by atoms with van der Waals surface area (Å²) in [5, 5.41) is 11.5. The van der Waals surface area contributed by atoms with Crippen LogP contribution < -0.4 is 9.84 Å². The van der Waals surface area contributed by atoms with E-state index in [9.17, 15) is 14.7 Å². The summed E-state index contributed by atoms with van der Waals surface area (Å²) in [7, 11) is 0. The summed E-state index contributed by atoms with van der Waals surface area (Å²) in [5.41, 5.74) is 1.08. The fourth-order valence-corrected chi connectivity index (χ4v) is 2.74. The van der Waals surface area contributed by atoms with Crippen molar-refractivity contribution in [2.24, 2.45) is 0 Å². The summed E-state index contributed by atoms with van der Waals surface area (Å²) in [6.45, 7) is 3.11. The minimum absolute atomic E-state index is 0.0407. The van der Waals surface area contributed by atoms with Gasteiger partial charge in [-0.3, -0.25) is 4.79 Å². The summed E-state index contributed by atoms with van der Waals surface area (Å²) < 4.78 is 5.41. The van der Waals surface area contributed by atoms with E-state index >= 15 is 0 Å². The highest BCUT2D eigenvalue weighted by Gasteiger charge is 2.16. The van der Waals surface area contributed by atoms with Crippen LogP contribution in [0.3, 0.4) is 0 Å². The van der Waals surface area contributed by atoms with Crippen LogP contribution >= 0.6 is 22.9 Å². The minimum Gasteiger partial charge on any atom is -0.544 e. The topological polar surface area (TPSA) is 79.3 Å². The number of aromatic nitrogens is 1. The summed E-state index contributed by atoms with van der Waals surface area (Å²) in [4.78, 5) is 26.7. The molecular weight excluding hydrogens is 314 g/mol. The molecule has 0 saturated carbocycles. The quantitative estimate of drug-likeness (QED) is 0.786. The molecule has 5 nitrogen and oxygen atoms in total. The number of benzene rings is 1. The number of nitrogens with zero attached hydrogens (tertiary/aromatic N) is 1. The number of thiazole rings is 1. The van der Waals surface area contributed by atoms with Crippen molar-refractivity contribution >= 4 is 34.7 Å². The second kappa shape index (κ2) is 6.24. The van der Waals surface area contributed by atoms with Gasteiger partial charge in [0.2, 0.25) is 5.78 Å². The number of halogens is 1. The van der Waals surface area contributed by atoms with Gasteiger partial charge >= 0.3 is 0 Å². The van der Waals surface area contributed by atoms with Crippen LogP contribution in [0, 0.1) is 13.8 Å². The number of Topliss-reactive ketones (excluding diaryl/α,β-unsaturated/α-hetero) is 1. The van der Waals surface area contributed by atoms with E-state index in [1.807, 2.05) is 6.92 Å². The predicted octanol–water partition coefficient (Wildman–Crippen LogP) is 2.04.